The van der Waals surface area contributed by atoms with Gasteiger partial charge in [0.15, 0.2) is 0 Å². The van der Waals surface area contributed by atoms with Crippen LogP contribution in [0.1, 0.15) is 18.4 Å². The Morgan fingerprint density at radius 1 is 1.33 bits per heavy atom. The number of amides is 1. The molecular formula is C15H20ClFN2O2. The van der Waals surface area contributed by atoms with Gasteiger partial charge >= 0.3 is 0 Å². The molecule has 0 unspecified atom stereocenters. The summed E-state index contributed by atoms with van der Waals surface area (Å²) >= 11 is 0. The van der Waals surface area contributed by atoms with E-state index in [9.17, 15) is 9.18 Å². The molecule has 2 heterocycles. The molecule has 2 aliphatic heterocycles. The summed E-state index contributed by atoms with van der Waals surface area (Å²) in [5, 5.41) is 6.25. The van der Waals surface area contributed by atoms with Gasteiger partial charge in [0.05, 0.1) is 11.5 Å². The molecule has 2 saturated heterocycles. The van der Waals surface area contributed by atoms with E-state index in [-0.39, 0.29) is 30.0 Å². The highest BCUT2D eigenvalue weighted by Gasteiger charge is 2.38. The van der Waals surface area contributed by atoms with Crippen LogP contribution in [0, 0.1) is 11.7 Å². The number of nitrogens with one attached hydrogen (secondary N) is 2. The van der Waals surface area contributed by atoms with Gasteiger partial charge in [-0.25, -0.2) is 4.39 Å². The van der Waals surface area contributed by atoms with Crippen LogP contribution < -0.4 is 10.6 Å². The quantitative estimate of drug-likeness (QED) is 0.891. The zero-order chi connectivity index (χ0) is 14.0. The normalized spacial score (nSPS) is 21.0. The summed E-state index contributed by atoms with van der Waals surface area (Å²) in [6.07, 6.45) is 1.37. The first-order chi connectivity index (χ1) is 9.70. The fourth-order valence-electron chi connectivity index (χ4n) is 2.80. The van der Waals surface area contributed by atoms with Gasteiger partial charge < -0.3 is 15.4 Å². The predicted molar refractivity (Wildman–Crippen MR) is 79.9 cm³/mol. The molecule has 116 valence electrons. The highest BCUT2D eigenvalue weighted by Crippen LogP contribution is 2.33. The molecule has 6 heteroatoms. The predicted octanol–water partition coefficient (Wildman–Crippen LogP) is 1.59. The molecule has 4 nitrogen and oxygen atoms in total. The minimum atomic E-state index is -0.493. The number of ether oxygens (including phenoxy) is 1. The van der Waals surface area contributed by atoms with Gasteiger partial charge in [-0.2, -0.15) is 0 Å². The number of carbonyl (C=O) groups excluding carboxylic acids is 1. The van der Waals surface area contributed by atoms with Crippen molar-refractivity contribution in [3.05, 3.63) is 35.6 Å². The van der Waals surface area contributed by atoms with Crippen LogP contribution in [0.5, 0.6) is 0 Å². The highest BCUT2D eigenvalue weighted by molar-refractivity contribution is 5.85. The average molecular weight is 315 g/mol. The van der Waals surface area contributed by atoms with Gasteiger partial charge in [-0.3, -0.25) is 4.79 Å². The van der Waals surface area contributed by atoms with Crippen LogP contribution in [-0.2, 0) is 15.1 Å². The summed E-state index contributed by atoms with van der Waals surface area (Å²) in [4.78, 5) is 12.3. The number of rotatable bonds is 3. The van der Waals surface area contributed by atoms with Gasteiger partial charge in [0.2, 0.25) is 5.91 Å². The summed E-state index contributed by atoms with van der Waals surface area (Å²) in [6, 6.07) is 6.52. The van der Waals surface area contributed by atoms with Gasteiger partial charge in [0.25, 0.3) is 0 Å². The second-order valence-corrected chi connectivity index (χ2v) is 5.55. The fourth-order valence-corrected chi connectivity index (χ4v) is 2.80. The zero-order valence-electron chi connectivity index (χ0n) is 11.7. The SMILES string of the molecule is Cl.O=C(NC1(c2cccc(F)c2)CCOCC1)C1CNC1. The molecule has 0 aliphatic carbocycles. The number of benzene rings is 1. The topological polar surface area (TPSA) is 50.4 Å². The Morgan fingerprint density at radius 3 is 2.62 bits per heavy atom. The molecule has 1 amide bonds. The Balaban J connectivity index is 0.00000161. The minimum Gasteiger partial charge on any atom is -0.381 e. The number of halogens is 2. The maximum atomic E-state index is 13.5. The Morgan fingerprint density at radius 2 is 2.05 bits per heavy atom. The van der Waals surface area contributed by atoms with Crippen molar-refractivity contribution in [2.24, 2.45) is 5.92 Å². The van der Waals surface area contributed by atoms with Crippen LogP contribution in [0.15, 0.2) is 24.3 Å². The Kier molecular flexibility index (Phi) is 5.19. The smallest absolute Gasteiger partial charge is 0.226 e. The summed E-state index contributed by atoms with van der Waals surface area (Å²) in [5.41, 5.74) is 0.342. The van der Waals surface area contributed by atoms with E-state index in [1.807, 2.05) is 6.07 Å². The lowest BCUT2D eigenvalue weighted by atomic mass is 9.82. The molecule has 0 radical (unpaired) electrons. The van der Waals surface area contributed by atoms with Crippen LogP contribution in [0.25, 0.3) is 0 Å². The highest BCUT2D eigenvalue weighted by atomic mass is 35.5. The van der Waals surface area contributed by atoms with Gasteiger partial charge in [-0.15, -0.1) is 12.4 Å². The van der Waals surface area contributed by atoms with E-state index in [4.69, 9.17) is 4.74 Å². The lowest BCUT2D eigenvalue weighted by molar-refractivity contribution is -0.130. The van der Waals surface area contributed by atoms with E-state index in [0.29, 0.717) is 26.1 Å². The van der Waals surface area contributed by atoms with Gasteiger partial charge in [-0.05, 0) is 30.5 Å². The summed E-state index contributed by atoms with van der Waals surface area (Å²) in [7, 11) is 0. The lowest BCUT2D eigenvalue weighted by Crippen LogP contribution is -2.57. The number of hydrogen-bond donors (Lipinski definition) is 2. The third-order valence-electron chi connectivity index (χ3n) is 4.24. The molecule has 0 atom stereocenters. The Hall–Kier alpha value is -1.17. The number of carbonyl (C=O) groups is 1. The third kappa shape index (κ3) is 3.36. The van der Waals surface area contributed by atoms with Crippen molar-refractivity contribution >= 4 is 18.3 Å². The second-order valence-electron chi connectivity index (χ2n) is 5.55. The van der Waals surface area contributed by atoms with Gasteiger partial charge in [-0.1, -0.05) is 12.1 Å². The van der Waals surface area contributed by atoms with Crippen LogP contribution in [0.3, 0.4) is 0 Å². The maximum Gasteiger partial charge on any atom is 0.226 e. The number of hydrogen-bond acceptors (Lipinski definition) is 3. The van der Waals surface area contributed by atoms with Crippen LogP contribution >= 0.6 is 12.4 Å². The molecule has 2 N–H and O–H groups in total. The molecule has 3 rings (SSSR count). The first-order valence-corrected chi connectivity index (χ1v) is 7.06. The van der Waals surface area contributed by atoms with Crippen LogP contribution in [0.2, 0.25) is 0 Å². The Bertz CT molecular complexity index is 502. The van der Waals surface area contributed by atoms with E-state index < -0.39 is 5.54 Å². The van der Waals surface area contributed by atoms with Gasteiger partial charge in [0, 0.05) is 26.3 Å². The van der Waals surface area contributed by atoms with Crippen molar-refractivity contribution in [3.63, 3.8) is 0 Å². The first-order valence-electron chi connectivity index (χ1n) is 7.06. The second kappa shape index (κ2) is 6.73. The molecule has 0 aromatic heterocycles. The van der Waals surface area contributed by atoms with E-state index in [0.717, 1.165) is 18.7 Å². The summed E-state index contributed by atoms with van der Waals surface area (Å²) < 4.78 is 18.9. The van der Waals surface area contributed by atoms with E-state index in [1.165, 1.54) is 12.1 Å². The van der Waals surface area contributed by atoms with Crippen molar-refractivity contribution in [2.45, 2.75) is 18.4 Å². The summed E-state index contributed by atoms with van der Waals surface area (Å²) in [6.45, 7) is 2.61. The molecule has 0 bridgehead atoms. The zero-order valence-corrected chi connectivity index (χ0v) is 12.5. The van der Waals surface area contributed by atoms with E-state index >= 15 is 0 Å². The first kappa shape index (κ1) is 16.2. The van der Waals surface area contributed by atoms with Crippen LogP contribution in [0.4, 0.5) is 4.39 Å². The van der Waals surface area contributed by atoms with E-state index in [2.05, 4.69) is 10.6 Å². The third-order valence-corrected chi connectivity index (χ3v) is 4.24. The fraction of sp³-hybridized carbons (Fsp3) is 0.533. The van der Waals surface area contributed by atoms with Gasteiger partial charge in [0.1, 0.15) is 5.82 Å². The molecule has 1 aromatic carbocycles. The standard InChI is InChI=1S/C15H19FN2O2.ClH/c16-13-3-1-2-12(8-13)15(4-6-20-7-5-15)18-14(19)11-9-17-10-11;/h1-3,8,11,17H,4-7,9-10H2,(H,18,19);1H. The van der Waals surface area contributed by atoms with Crippen molar-refractivity contribution < 1.29 is 13.9 Å². The molecule has 2 aliphatic rings. The molecular weight excluding hydrogens is 295 g/mol. The van der Waals surface area contributed by atoms with Crippen molar-refractivity contribution in [1.82, 2.24) is 10.6 Å². The Labute approximate surface area is 129 Å². The molecule has 1 aromatic rings. The van der Waals surface area contributed by atoms with E-state index in [1.54, 1.807) is 6.07 Å². The van der Waals surface area contributed by atoms with Crippen molar-refractivity contribution in [2.75, 3.05) is 26.3 Å². The minimum absolute atomic E-state index is 0. The molecule has 21 heavy (non-hydrogen) atoms. The largest absolute Gasteiger partial charge is 0.381 e. The lowest BCUT2D eigenvalue weighted by Gasteiger charge is -2.40. The molecule has 0 saturated carbocycles. The summed E-state index contributed by atoms with van der Waals surface area (Å²) in [5.74, 6) is -0.189. The van der Waals surface area contributed by atoms with Crippen LogP contribution in [-0.4, -0.2) is 32.2 Å². The maximum absolute atomic E-state index is 13.5. The average Bonchev–Trinajstić information content (AvgIpc) is 2.37. The van der Waals surface area contributed by atoms with Crippen molar-refractivity contribution in [1.29, 1.82) is 0 Å². The molecule has 0 spiro atoms. The van der Waals surface area contributed by atoms with Crippen molar-refractivity contribution in [3.8, 4) is 0 Å². The molecule has 2 fully saturated rings. The monoisotopic (exact) mass is 314 g/mol.